The van der Waals surface area contributed by atoms with Gasteiger partial charge in [0.05, 0.1) is 18.8 Å². The Morgan fingerprint density at radius 2 is 1.83 bits per heavy atom. The Morgan fingerprint density at radius 1 is 1.28 bits per heavy atom. The van der Waals surface area contributed by atoms with E-state index in [1.54, 1.807) is 19.1 Å². The quantitative estimate of drug-likeness (QED) is 0.557. The van der Waals surface area contributed by atoms with Gasteiger partial charge >= 0.3 is 0 Å². The monoisotopic (exact) mass is 252 g/mol. The van der Waals surface area contributed by atoms with E-state index in [1.807, 2.05) is 12.1 Å². The molecule has 1 aromatic rings. The zero-order chi connectivity index (χ0) is 13.6. The predicted molar refractivity (Wildman–Crippen MR) is 69.2 cm³/mol. The summed E-state index contributed by atoms with van der Waals surface area (Å²) in [6, 6.07) is 7.10. The molecule has 0 unspecified atom stereocenters. The standard InChI is InChI=1S/C13H20N2O3/c1-13(8-16,9-17)15-12(18)11-4-2-10(3-5-11)6-7-14/h2-5,16-17H,6-9,14H2,1H3,(H,15,18). The molecule has 5 heteroatoms. The summed E-state index contributed by atoms with van der Waals surface area (Å²) in [5.41, 5.74) is 6.00. The van der Waals surface area contributed by atoms with E-state index in [4.69, 9.17) is 15.9 Å². The van der Waals surface area contributed by atoms with E-state index in [2.05, 4.69) is 5.32 Å². The van der Waals surface area contributed by atoms with Gasteiger partial charge in [0.25, 0.3) is 5.91 Å². The summed E-state index contributed by atoms with van der Waals surface area (Å²) < 4.78 is 0. The number of amides is 1. The van der Waals surface area contributed by atoms with Crippen LogP contribution in [0, 0.1) is 0 Å². The Bertz CT molecular complexity index is 386. The van der Waals surface area contributed by atoms with Crippen LogP contribution in [-0.4, -0.2) is 41.4 Å². The maximum atomic E-state index is 11.9. The minimum absolute atomic E-state index is 0.319. The van der Waals surface area contributed by atoms with Gasteiger partial charge in [-0.1, -0.05) is 12.1 Å². The summed E-state index contributed by atoms with van der Waals surface area (Å²) in [5.74, 6) is -0.320. The number of aliphatic hydroxyl groups excluding tert-OH is 2. The summed E-state index contributed by atoms with van der Waals surface area (Å²) in [6.45, 7) is 1.51. The highest BCUT2D eigenvalue weighted by Gasteiger charge is 2.24. The van der Waals surface area contributed by atoms with Crippen molar-refractivity contribution in [2.24, 2.45) is 5.73 Å². The third-order valence-electron chi connectivity index (χ3n) is 2.76. The Balaban J connectivity index is 2.72. The van der Waals surface area contributed by atoms with E-state index >= 15 is 0 Å². The lowest BCUT2D eigenvalue weighted by Gasteiger charge is -2.26. The van der Waals surface area contributed by atoms with Crippen molar-refractivity contribution in [2.45, 2.75) is 18.9 Å². The number of rotatable bonds is 6. The van der Waals surface area contributed by atoms with Gasteiger partial charge in [0, 0.05) is 5.56 Å². The molecule has 5 N–H and O–H groups in total. The van der Waals surface area contributed by atoms with E-state index in [-0.39, 0.29) is 19.1 Å². The van der Waals surface area contributed by atoms with Crippen molar-refractivity contribution in [3.63, 3.8) is 0 Å². The lowest BCUT2D eigenvalue weighted by atomic mass is 10.0. The van der Waals surface area contributed by atoms with Gasteiger partial charge < -0.3 is 21.3 Å². The van der Waals surface area contributed by atoms with Crippen molar-refractivity contribution < 1.29 is 15.0 Å². The van der Waals surface area contributed by atoms with Gasteiger partial charge in [-0.05, 0) is 37.6 Å². The molecule has 1 aromatic carbocycles. The van der Waals surface area contributed by atoms with Crippen molar-refractivity contribution in [1.82, 2.24) is 5.32 Å². The van der Waals surface area contributed by atoms with Gasteiger partial charge in [0.1, 0.15) is 0 Å². The molecule has 18 heavy (non-hydrogen) atoms. The largest absolute Gasteiger partial charge is 0.394 e. The average Bonchev–Trinajstić information content (AvgIpc) is 2.39. The lowest BCUT2D eigenvalue weighted by Crippen LogP contribution is -2.51. The number of hydrogen-bond acceptors (Lipinski definition) is 4. The number of carbonyl (C=O) groups excluding carboxylic acids is 1. The maximum absolute atomic E-state index is 11.9. The topological polar surface area (TPSA) is 95.6 Å². The molecule has 0 aliphatic carbocycles. The number of hydrogen-bond donors (Lipinski definition) is 4. The first-order chi connectivity index (χ1) is 8.54. The minimum atomic E-state index is -1.01. The molecule has 0 heterocycles. The first-order valence-corrected chi connectivity index (χ1v) is 5.88. The van der Waals surface area contributed by atoms with E-state index in [9.17, 15) is 4.79 Å². The summed E-state index contributed by atoms with van der Waals surface area (Å²) in [6.07, 6.45) is 0.771. The Labute approximate surface area is 107 Å². The highest BCUT2D eigenvalue weighted by molar-refractivity contribution is 5.94. The fourth-order valence-electron chi connectivity index (χ4n) is 1.46. The van der Waals surface area contributed by atoms with Crippen LogP contribution in [0.5, 0.6) is 0 Å². The second-order valence-corrected chi connectivity index (χ2v) is 4.57. The number of carbonyl (C=O) groups is 1. The molecule has 5 nitrogen and oxygen atoms in total. The Morgan fingerprint density at radius 3 is 2.28 bits per heavy atom. The molecule has 0 atom stereocenters. The van der Waals surface area contributed by atoms with Crippen LogP contribution in [0.3, 0.4) is 0 Å². The van der Waals surface area contributed by atoms with Crippen LogP contribution in [0.2, 0.25) is 0 Å². The van der Waals surface area contributed by atoms with Crippen molar-refractivity contribution >= 4 is 5.91 Å². The van der Waals surface area contributed by atoms with Crippen LogP contribution in [0.1, 0.15) is 22.8 Å². The number of nitrogens with one attached hydrogen (secondary N) is 1. The highest BCUT2D eigenvalue weighted by Crippen LogP contribution is 2.08. The number of aliphatic hydroxyl groups is 2. The molecule has 100 valence electrons. The zero-order valence-corrected chi connectivity index (χ0v) is 10.5. The smallest absolute Gasteiger partial charge is 0.251 e. The molecule has 0 aliphatic rings. The van der Waals surface area contributed by atoms with E-state index in [1.165, 1.54) is 0 Å². The second-order valence-electron chi connectivity index (χ2n) is 4.57. The van der Waals surface area contributed by atoms with Crippen molar-refractivity contribution in [3.05, 3.63) is 35.4 Å². The van der Waals surface area contributed by atoms with E-state index in [0.717, 1.165) is 12.0 Å². The summed E-state index contributed by atoms with van der Waals surface area (Å²) >= 11 is 0. The maximum Gasteiger partial charge on any atom is 0.251 e. The summed E-state index contributed by atoms with van der Waals surface area (Å²) in [7, 11) is 0. The van der Waals surface area contributed by atoms with Crippen molar-refractivity contribution in [1.29, 1.82) is 0 Å². The average molecular weight is 252 g/mol. The van der Waals surface area contributed by atoms with Crippen LogP contribution in [0.25, 0.3) is 0 Å². The van der Waals surface area contributed by atoms with Crippen LogP contribution >= 0.6 is 0 Å². The SMILES string of the molecule is CC(CO)(CO)NC(=O)c1ccc(CCN)cc1. The van der Waals surface area contributed by atoms with Crippen LogP contribution < -0.4 is 11.1 Å². The van der Waals surface area contributed by atoms with Crippen molar-refractivity contribution in [3.8, 4) is 0 Å². The molecule has 0 spiro atoms. The number of nitrogens with two attached hydrogens (primary N) is 1. The minimum Gasteiger partial charge on any atom is -0.394 e. The summed E-state index contributed by atoms with van der Waals surface area (Å²) in [4.78, 5) is 11.9. The van der Waals surface area contributed by atoms with E-state index in [0.29, 0.717) is 12.1 Å². The van der Waals surface area contributed by atoms with Crippen LogP contribution in [-0.2, 0) is 6.42 Å². The van der Waals surface area contributed by atoms with Gasteiger partial charge in [0.15, 0.2) is 0 Å². The summed E-state index contributed by atoms with van der Waals surface area (Å²) in [5, 5.41) is 20.8. The molecule has 0 saturated carbocycles. The molecule has 0 aliphatic heterocycles. The molecule has 0 fully saturated rings. The Hall–Kier alpha value is -1.43. The number of benzene rings is 1. The molecular formula is C13H20N2O3. The second kappa shape index (κ2) is 6.49. The first-order valence-electron chi connectivity index (χ1n) is 5.88. The molecule has 1 amide bonds. The fraction of sp³-hybridized carbons (Fsp3) is 0.462. The van der Waals surface area contributed by atoms with E-state index < -0.39 is 5.54 Å². The Kier molecular flexibility index (Phi) is 5.27. The van der Waals surface area contributed by atoms with Crippen LogP contribution in [0.15, 0.2) is 24.3 Å². The molecule has 1 rings (SSSR count). The van der Waals surface area contributed by atoms with Gasteiger partial charge in [-0.3, -0.25) is 4.79 Å². The predicted octanol–water partition coefficient (Wildman–Crippen LogP) is -0.339. The van der Waals surface area contributed by atoms with Crippen molar-refractivity contribution in [2.75, 3.05) is 19.8 Å². The van der Waals surface area contributed by atoms with Gasteiger partial charge in [-0.15, -0.1) is 0 Å². The molecule has 0 aromatic heterocycles. The van der Waals surface area contributed by atoms with Gasteiger partial charge in [-0.25, -0.2) is 0 Å². The van der Waals surface area contributed by atoms with Gasteiger partial charge in [-0.2, -0.15) is 0 Å². The molecule has 0 bridgehead atoms. The zero-order valence-electron chi connectivity index (χ0n) is 10.5. The molecule has 0 saturated heterocycles. The normalized spacial score (nSPS) is 11.3. The third kappa shape index (κ3) is 3.80. The van der Waals surface area contributed by atoms with Crippen LogP contribution in [0.4, 0.5) is 0 Å². The highest BCUT2D eigenvalue weighted by atomic mass is 16.3. The lowest BCUT2D eigenvalue weighted by molar-refractivity contribution is 0.0724. The molecule has 0 radical (unpaired) electrons. The molecular weight excluding hydrogens is 232 g/mol. The fourth-order valence-corrected chi connectivity index (χ4v) is 1.46. The van der Waals surface area contributed by atoms with Gasteiger partial charge in [0.2, 0.25) is 0 Å². The first kappa shape index (κ1) is 14.6. The third-order valence-corrected chi connectivity index (χ3v) is 2.76.